The number of carboxylic acid groups (broad SMARTS) is 1. The third-order valence-electron chi connectivity index (χ3n) is 3.94. The Morgan fingerprint density at radius 2 is 2.38 bits per heavy atom. The van der Waals surface area contributed by atoms with Crippen molar-refractivity contribution >= 4 is 17.7 Å². The molecule has 2 atom stereocenters. The molecular weight excluding hydrogens is 286 g/mol. The number of aliphatic carboxylic acids is 1. The van der Waals surface area contributed by atoms with Crippen LogP contribution >= 0.6 is 11.8 Å². The first kappa shape index (κ1) is 16.2. The SMILES string of the molecule is CCCNC1(C(=O)O)CCC(Sc2cccc(OC)c2)C1. The second-order valence-electron chi connectivity index (χ2n) is 5.48. The molecule has 0 spiro atoms. The van der Waals surface area contributed by atoms with Crippen LogP contribution < -0.4 is 10.1 Å². The van der Waals surface area contributed by atoms with Crippen LogP contribution in [0.5, 0.6) is 5.75 Å². The predicted octanol–water partition coefficient (Wildman–Crippen LogP) is 3.16. The molecule has 1 aliphatic rings. The first-order chi connectivity index (χ1) is 10.1. The predicted molar refractivity (Wildman–Crippen MR) is 85.2 cm³/mol. The first-order valence-corrected chi connectivity index (χ1v) is 8.27. The lowest BCUT2D eigenvalue weighted by Gasteiger charge is -2.25. The van der Waals surface area contributed by atoms with Crippen molar-refractivity contribution in [3.8, 4) is 5.75 Å². The Morgan fingerprint density at radius 1 is 1.57 bits per heavy atom. The molecule has 1 aromatic carbocycles. The molecule has 116 valence electrons. The van der Waals surface area contributed by atoms with Gasteiger partial charge in [0, 0.05) is 10.1 Å². The molecule has 2 unspecified atom stereocenters. The summed E-state index contributed by atoms with van der Waals surface area (Å²) in [5, 5.41) is 13.1. The number of carboxylic acids is 1. The van der Waals surface area contributed by atoms with Crippen LogP contribution in [0.1, 0.15) is 32.6 Å². The summed E-state index contributed by atoms with van der Waals surface area (Å²) in [5.74, 6) is 0.122. The van der Waals surface area contributed by atoms with Crippen molar-refractivity contribution in [3.63, 3.8) is 0 Å². The fraction of sp³-hybridized carbons (Fsp3) is 0.562. The van der Waals surface area contributed by atoms with E-state index in [4.69, 9.17) is 4.74 Å². The highest BCUT2D eigenvalue weighted by Gasteiger charge is 2.45. The van der Waals surface area contributed by atoms with Gasteiger partial charge in [-0.05, 0) is 50.4 Å². The number of hydrogen-bond donors (Lipinski definition) is 2. The summed E-state index contributed by atoms with van der Waals surface area (Å²) in [6.45, 7) is 2.81. The van der Waals surface area contributed by atoms with Crippen molar-refractivity contribution in [1.29, 1.82) is 0 Å². The molecule has 0 heterocycles. The lowest BCUT2D eigenvalue weighted by atomic mass is 9.98. The van der Waals surface area contributed by atoms with Crippen LogP contribution in [0.2, 0.25) is 0 Å². The minimum atomic E-state index is -0.744. The third-order valence-corrected chi connectivity index (χ3v) is 5.20. The Bertz CT molecular complexity index is 494. The van der Waals surface area contributed by atoms with Gasteiger partial charge in [0.15, 0.2) is 0 Å². The zero-order valence-corrected chi connectivity index (χ0v) is 13.4. The quantitative estimate of drug-likeness (QED) is 0.810. The van der Waals surface area contributed by atoms with E-state index in [1.807, 2.05) is 24.3 Å². The number of benzene rings is 1. The fourth-order valence-electron chi connectivity index (χ4n) is 2.76. The summed E-state index contributed by atoms with van der Waals surface area (Å²) in [6.07, 6.45) is 3.24. The summed E-state index contributed by atoms with van der Waals surface area (Å²) in [5.41, 5.74) is -0.744. The Labute approximate surface area is 130 Å². The van der Waals surface area contributed by atoms with Crippen LogP contribution in [0.15, 0.2) is 29.2 Å². The molecule has 1 saturated carbocycles. The van der Waals surface area contributed by atoms with E-state index >= 15 is 0 Å². The number of thioether (sulfide) groups is 1. The van der Waals surface area contributed by atoms with Crippen molar-refractivity contribution in [1.82, 2.24) is 5.32 Å². The van der Waals surface area contributed by atoms with Crippen LogP contribution in [0, 0.1) is 0 Å². The lowest BCUT2D eigenvalue weighted by Crippen LogP contribution is -2.50. The molecule has 0 bridgehead atoms. The van der Waals surface area contributed by atoms with Crippen LogP contribution in [0.25, 0.3) is 0 Å². The molecule has 0 amide bonds. The van der Waals surface area contributed by atoms with E-state index < -0.39 is 11.5 Å². The molecule has 0 aromatic heterocycles. The monoisotopic (exact) mass is 309 g/mol. The van der Waals surface area contributed by atoms with E-state index in [9.17, 15) is 9.90 Å². The molecule has 2 N–H and O–H groups in total. The van der Waals surface area contributed by atoms with Gasteiger partial charge in [-0.1, -0.05) is 13.0 Å². The highest BCUT2D eigenvalue weighted by molar-refractivity contribution is 8.00. The molecule has 4 nitrogen and oxygen atoms in total. The van der Waals surface area contributed by atoms with Gasteiger partial charge in [0.1, 0.15) is 11.3 Å². The number of rotatable bonds is 7. The van der Waals surface area contributed by atoms with E-state index in [2.05, 4.69) is 12.2 Å². The van der Waals surface area contributed by atoms with Gasteiger partial charge in [0.25, 0.3) is 0 Å². The fourth-order valence-corrected chi connectivity index (χ4v) is 4.09. The van der Waals surface area contributed by atoms with E-state index in [0.29, 0.717) is 18.1 Å². The van der Waals surface area contributed by atoms with Crippen molar-refractivity contribution < 1.29 is 14.6 Å². The smallest absolute Gasteiger partial charge is 0.323 e. The van der Waals surface area contributed by atoms with Crippen LogP contribution in [-0.2, 0) is 4.79 Å². The average molecular weight is 309 g/mol. The molecule has 0 saturated heterocycles. The van der Waals surface area contributed by atoms with E-state index in [1.54, 1.807) is 18.9 Å². The maximum atomic E-state index is 11.6. The van der Waals surface area contributed by atoms with Gasteiger partial charge in [-0.2, -0.15) is 0 Å². The van der Waals surface area contributed by atoms with Crippen molar-refractivity contribution in [2.45, 2.75) is 48.3 Å². The largest absolute Gasteiger partial charge is 0.497 e. The number of ether oxygens (including phenoxy) is 1. The number of methoxy groups -OCH3 is 1. The third kappa shape index (κ3) is 3.92. The Morgan fingerprint density at radius 3 is 3.05 bits per heavy atom. The normalized spacial score (nSPS) is 25.0. The maximum Gasteiger partial charge on any atom is 0.323 e. The van der Waals surface area contributed by atoms with Gasteiger partial charge in [-0.25, -0.2) is 0 Å². The summed E-state index contributed by atoms with van der Waals surface area (Å²) in [4.78, 5) is 12.8. The average Bonchev–Trinajstić information content (AvgIpc) is 2.90. The second-order valence-corrected chi connectivity index (χ2v) is 6.85. The lowest BCUT2D eigenvalue weighted by molar-refractivity contribution is -0.144. The minimum absolute atomic E-state index is 0.331. The maximum absolute atomic E-state index is 11.6. The molecule has 1 aromatic rings. The molecular formula is C16H23NO3S. The van der Waals surface area contributed by atoms with Gasteiger partial charge in [-0.3, -0.25) is 4.79 Å². The van der Waals surface area contributed by atoms with Crippen LogP contribution in [0.4, 0.5) is 0 Å². The molecule has 2 rings (SSSR count). The van der Waals surface area contributed by atoms with E-state index in [0.717, 1.165) is 30.0 Å². The Hall–Kier alpha value is -1.20. The number of carbonyl (C=O) groups is 1. The number of hydrogen-bond acceptors (Lipinski definition) is 4. The molecule has 0 radical (unpaired) electrons. The van der Waals surface area contributed by atoms with Crippen molar-refractivity contribution in [3.05, 3.63) is 24.3 Å². The highest BCUT2D eigenvalue weighted by atomic mass is 32.2. The summed E-state index contributed by atoms with van der Waals surface area (Å²) in [6, 6.07) is 7.94. The van der Waals surface area contributed by atoms with Gasteiger partial charge < -0.3 is 15.2 Å². The molecule has 1 aliphatic carbocycles. The Balaban J connectivity index is 2.01. The summed E-state index contributed by atoms with van der Waals surface area (Å²) in [7, 11) is 1.66. The van der Waals surface area contributed by atoms with Crippen LogP contribution in [0.3, 0.4) is 0 Å². The molecule has 1 fully saturated rings. The van der Waals surface area contributed by atoms with Gasteiger partial charge in [0.05, 0.1) is 7.11 Å². The standard InChI is InChI=1S/C16H23NO3S/c1-3-9-17-16(15(18)19)8-7-14(11-16)21-13-6-4-5-12(10-13)20-2/h4-6,10,14,17H,3,7-9,11H2,1-2H3,(H,18,19). The zero-order chi connectivity index (χ0) is 15.3. The molecule has 5 heteroatoms. The highest BCUT2D eigenvalue weighted by Crippen LogP contribution is 2.41. The first-order valence-electron chi connectivity index (χ1n) is 7.39. The molecule has 21 heavy (non-hydrogen) atoms. The van der Waals surface area contributed by atoms with Crippen LogP contribution in [-0.4, -0.2) is 35.5 Å². The zero-order valence-electron chi connectivity index (χ0n) is 12.6. The van der Waals surface area contributed by atoms with Crippen molar-refractivity contribution in [2.24, 2.45) is 0 Å². The van der Waals surface area contributed by atoms with Gasteiger partial charge >= 0.3 is 5.97 Å². The van der Waals surface area contributed by atoms with Gasteiger partial charge in [-0.15, -0.1) is 11.8 Å². The topological polar surface area (TPSA) is 58.6 Å². The summed E-state index contributed by atoms with van der Waals surface area (Å²) >= 11 is 1.75. The molecule has 0 aliphatic heterocycles. The van der Waals surface area contributed by atoms with E-state index in [-0.39, 0.29) is 0 Å². The van der Waals surface area contributed by atoms with Gasteiger partial charge in [0.2, 0.25) is 0 Å². The second kappa shape index (κ2) is 7.18. The van der Waals surface area contributed by atoms with E-state index in [1.165, 1.54) is 0 Å². The minimum Gasteiger partial charge on any atom is -0.497 e. The summed E-state index contributed by atoms with van der Waals surface area (Å²) < 4.78 is 5.23. The number of nitrogens with one attached hydrogen (secondary N) is 1. The van der Waals surface area contributed by atoms with Crippen molar-refractivity contribution in [2.75, 3.05) is 13.7 Å². The Kier molecular flexibility index (Phi) is 5.53.